The average molecular weight is 390 g/mol. The van der Waals surface area contributed by atoms with Crippen LogP contribution in [0.25, 0.3) is 11.3 Å². The molecule has 0 radical (unpaired) electrons. The molecule has 0 unspecified atom stereocenters. The van der Waals surface area contributed by atoms with Crippen LogP contribution in [0, 0.1) is 0 Å². The minimum absolute atomic E-state index is 0.101. The third kappa shape index (κ3) is 4.26. The molecular weight excluding hydrogens is 362 g/mol. The minimum atomic E-state index is 0.101. The van der Waals surface area contributed by atoms with Gasteiger partial charge in [-0.2, -0.15) is 5.10 Å². The summed E-state index contributed by atoms with van der Waals surface area (Å²) in [5, 5.41) is 7.64. The highest BCUT2D eigenvalue weighted by Gasteiger charge is 2.21. The van der Waals surface area contributed by atoms with Crippen LogP contribution < -0.4 is 9.80 Å². The Bertz CT molecular complexity index is 949. The summed E-state index contributed by atoms with van der Waals surface area (Å²) in [6.45, 7) is 3.13. The molecule has 150 valence electrons. The van der Waals surface area contributed by atoms with E-state index in [9.17, 15) is 4.79 Å². The molecule has 1 saturated heterocycles. The lowest BCUT2D eigenvalue weighted by molar-refractivity contribution is 0.0767. The fourth-order valence-electron chi connectivity index (χ4n) is 3.67. The number of hydrogen-bond acceptors (Lipinski definition) is 4. The molecule has 1 N–H and O–H groups in total. The predicted molar refractivity (Wildman–Crippen MR) is 118 cm³/mol. The van der Waals surface area contributed by atoms with Gasteiger partial charge >= 0.3 is 0 Å². The molecule has 0 saturated carbocycles. The fraction of sp³-hybridized carbons (Fsp3) is 0.304. The Morgan fingerprint density at radius 3 is 2.45 bits per heavy atom. The number of amides is 1. The van der Waals surface area contributed by atoms with Crippen LogP contribution in [-0.4, -0.2) is 61.3 Å². The number of rotatable bonds is 4. The number of nitrogens with zero attached hydrogens (tertiary/aromatic N) is 4. The Kier molecular flexibility index (Phi) is 5.51. The van der Waals surface area contributed by atoms with E-state index in [1.54, 1.807) is 0 Å². The lowest BCUT2D eigenvalue weighted by Crippen LogP contribution is -2.35. The first-order valence-corrected chi connectivity index (χ1v) is 10.0. The molecule has 1 aromatic heterocycles. The van der Waals surface area contributed by atoms with Crippen LogP contribution in [0.5, 0.6) is 0 Å². The van der Waals surface area contributed by atoms with E-state index < -0.39 is 0 Å². The fourth-order valence-corrected chi connectivity index (χ4v) is 3.67. The van der Waals surface area contributed by atoms with Crippen LogP contribution in [-0.2, 0) is 0 Å². The van der Waals surface area contributed by atoms with Gasteiger partial charge in [0.05, 0.1) is 5.69 Å². The van der Waals surface area contributed by atoms with E-state index in [4.69, 9.17) is 0 Å². The molecule has 1 fully saturated rings. The summed E-state index contributed by atoms with van der Waals surface area (Å²) in [5.41, 5.74) is 3.98. The maximum absolute atomic E-state index is 12.9. The molecule has 2 aromatic carbocycles. The van der Waals surface area contributed by atoms with E-state index in [1.165, 1.54) is 0 Å². The highest BCUT2D eigenvalue weighted by atomic mass is 16.2. The molecule has 1 aliphatic heterocycles. The summed E-state index contributed by atoms with van der Waals surface area (Å²) < 4.78 is 0. The SMILES string of the molecule is CN(C)c1ccc(C(=O)N2CCCN(c3cc(-c4ccccc4)[nH]n3)CC2)cc1. The second kappa shape index (κ2) is 8.39. The number of hydrogen-bond donors (Lipinski definition) is 1. The molecule has 1 aliphatic rings. The van der Waals surface area contributed by atoms with Gasteiger partial charge < -0.3 is 14.7 Å². The van der Waals surface area contributed by atoms with E-state index in [0.717, 1.165) is 54.4 Å². The smallest absolute Gasteiger partial charge is 0.253 e. The maximum Gasteiger partial charge on any atom is 0.253 e. The van der Waals surface area contributed by atoms with Gasteiger partial charge in [0.15, 0.2) is 5.82 Å². The Balaban J connectivity index is 1.42. The van der Waals surface area contributed by atoms with Gasteiger partial charge in [-0.25, -0.2) is 0 Å². The van der Waals surface area contributed by atoms with Crippen molar-refractivity contribution >= 4 is 17.4 Å². The largest absolute Gasteiger partial charge is 0.378 e. The lowest BCUT2D eigenvalue weighted by Gasteiger charge is -2.22. The number of benzene rings is 2. The summed E-state index contributed by atoms with van der Waals surface area (Å²) in [5.74, 6) is 1.04. The van der Waals surface area contributed by atoms with Crippen molar-refractivity contribution in [2.24, 2.45) is 0 Å². The van der Waals surface area contributed by atoms with Gasteiger partial charge in [0.25, 0.3) is 5.91 Å². The Hall–Kier alpha value is -3.28. The first kappa shape index (κ1) is 19.1. The van der Waals surface area contributed by atoms with Gasteiger partial charge in [-0.3, -0.25) is 9.89 Å². The maximum atomic E-state index is 12.9. The van der Waals surface area contributed by atoms with Crippen molar-refractivity contribution in [3.05, 3.63) is 66.2 Å². The van der Waals surface area contributed by atoms with E-state index >= 15 is 0 Å². The van der Waals surface area contributed by atoms with Gasteiger partial charge in [0.2, 0.25) is 0 Å². The molecular formula is C23H27N5O. The number of H-pyrrole nitrogens is 1. The quantitative estimate of drug-likeness (QED) is 0.742. The molecule has 1 amide bonds. The molecule has 2 heterocycles. The summed E-state index contributed by atoms with van der Waals surface area (Å²) >= 11 is 0. The number of aromatic amines is 1. The van der Waals surface area contributed by atoms with Crippen molar-refractivity contribution in [2.45, 2.75) is 6.42 Å². The molecule has 0 spiro atoms. The van der Waals surface area contributed by atoms with Crippen molar-refractivity contribution in [1.82, 2.24) is 15.1 Å². The Morgan fingerprint density at radius 2 is 1.72 bits per heavy atom. The second-order valence-electron chi connectivity index (χ2n) is 7.58. The standard InChI is InChI=1S/C23H27N5O/c1-26(2)20-11-9-19(10-12-20)23(29)28-14-6-13-27(15-16-28)22-17-21(24-25-22)18-7-4-3-5-8-18/h3-5,7-12,17H,6,13-16H2,1-2H3,(H,24,25). The first-order chi connectivity index (χ1) is 14.1. The van der Waals surface area contributed by atoms with E-state index in [1.807, 2.05) is 66.4 Å². The monoisotopic (exact) mass is 389 g/mol. The summed E-state index contributed by atoms with van der Waals surface area (Å²) in [4.78, 5) is 19.2. The molecule has 0 aliphatic carbocycles. The van der Waals surface area contributed by atoms with Crippen molar-refractivity contribution < 1.29 is 4.79 Å². The molecule has 0 atom stereocenters. The Morgan fingerprint density at radius 1 is 0.966 bits per heavy atom. The molecule has 6 heteroatoms. The van der Waals surface area contributed by atoms with Crippen LogP contribution in [0.3, 0.4) is 0 Å². The minimum Gasteiger partial charge on any atom is -0.378 e. The van der Waals surface area contributed by atoms with Crippen LogP contribution in [0.1, 0.15) is 16.8 Å². The molecule has 4 rings (SSSR count). The zero-order chi connectivity index (χ0) is 20.2. The van der Waals surface area contributed by atoms with Crippen LogP contribution in [0.4, 0.5) is 11.5 Å². The van der Waals surface area contributed by atoms with E-state index in [2.05, 4.69) is 33.3 Å². The number of nitrogens with one attached hydrogen (secondary N) is 1. The van der Waals surface area contributed by atoms with Crippen molar-refractivity contribution in [2.75, 3.05) is 50.1 Å². The summed E-state index contributed by atoms with van der Waals surface area (Å²) in [7, 11) is 4.00. The van der Waals surface area contributed by atoms with Gasteiger partial charge in [-0.05, 0) is 36.2 Å². The van der Waals surface area contributed by atoms with Gasteiger partial charge in [-0.1, -0.05) is 30.3 Å². The molecule has 3 aromatic rings. The Labute approximate surface area is 171 Å². The highest BCUT2D eigenvalue weighted by molar-refractivity contribution is 5.94. The van der Waals surface area contributed by atoms with Gasteiger partial charge in [0.1, 0.15) is 0 Å². The van der Waals surface area contributed by atoms with Crippen molar-refractivity contribution in [3.8, 4) is 11.3 Å². The topological polar surface area (TPSA) is 55.5 Å². The third-order valence-corrected chi connectivity index (χ3v) is 5.39. The highest BCUT2D eigenvalue weighted by Crippen LogP contribution is 2.23. The third-order valence-electron chi connectivity index (χ3n) is 5.39. The average Bonchev–Trinajstić information content (AvgIpc) is 3.12. The first-order valence-electron chi connectivity index (χ1n) is 10.0. The van der Waals surface area contributed by atoms with E-state index in [0.29, 0.717) is 6.54 Å². The van der Waals surface area contributed by atoms with Crippen LogP contribution in [0.2, 0.25) is 0 Å². The molecule has 6 nitrogen and oxygen atoms in total. The summed E-state index contributed by atoms with van der Waals surface area (Å²) in [6, 6.07) is 20.1. The van der Waals surface area contributed by atoms with Gasteiger partial charge in [-0.15, -0.1) is 0 Å². The van der Waals surface area contributed by atoms with Gasteiger partial charge in [0, 0.05) is 57.6 Å². The lowest BCUT2D eigenvalue weighted by atomic mass is 10.1. The second-order valence-corrected chi connectivity index (χ2v) is 7.58. The zero-order valence-electron chi connectivity index (χ0n) is 17.0. The zero-order valence-corrected chi connectivity index (χ0v) is 17.0. The predicted octanol–water partition coefficient (Wildman–Crippen LogP) is 3.50. The van der Waals surface area contributed by atoms with E-state index in [-0.39, 0.29) is 5.91 Å². The summed E-state index contributed by atoms with van der Waals surface area (Å²) in [6.07, 6.45) is 0.926. The van der Waals surface area contributed by atoms with Crippen molar-refractivity contribution in [3.63, 3.8) is 0 Å². The number of anilines is 2. The number of carbonyl (C=O) groups is 1. The normalized spacial score (nSPS) is 14.6. The van der Waals surface area contributed by atoms with Crippen LogP contribution >= 0.6 is 0 Å². The molecule has 29 heavy (non-hydrogen) atoms. The molecule has 0 bridgehead atoms. The van der Waals surface area contributed by atoms with Crippen LogP contribution in [0.15, 0.2) is 60.7 Å². The number of aromatic nitrogens is 2. The van der Waals surface area contributed by atoms with Crippen molar-refractivity contribution in [1.29, 1.82) is 0 Å². The number of carbonyl (C=O) groups excluding carboxylic acids is 1.